The first-order chi connectivity index (χ1) is 12.3. The Bertz CT molecular complexity index is 1010. The van der Waals surface area contributed by atoms with E-state index < -0.39 is 0 Å². The van der Waals surface area contributed by atoms with E-state index in [1.165, 1.54) is 5.56 Å². The molecule has 0 bridgehead atoms. The fourth-order valence-electron chi connectivity index (χ4n) is 3.02. The number of furan rings is 1. The molecule has 0 saturated heterocycles. The minimum atomic E-state index is 0.723. The predicted molar refractivity (Wildman–Crippen MR) is 106 cm³/mol. The van der Waals surface area contributed by atoms with Crippen LogP contribution in [0.5, 0.6) is 0 Å². The summed E-state index contributed by atoms with van der Waals surface area (Å²) in [5, 5.41) is 1.80. The van der Waals surface area contributed by atoms with Gasteiger partial charge in [-0.1, -0.05) is 84.4 Å². The second-order valence-electron chi connectivity index (χ2n) is 5.93. The van der Waals surface area contributed by atoms with Gasteiger partial charge in [0.1, 0.15) is 11.3 Å². The maximum Gasteiger partial charge on any atom is 0.138 e. The summed E-state index contributed by atoms with van der Waals surface area (Å²) in [4.78, 5) is 0. The van der Waals surface area contributed by atoms with Gasteiger partial charge in [0, 0.05) is 21.5 Å². The van der Waals surface area contributed by atoms with Crippen LogP contribution in [0, 0.1) is 0 Å². The minimum absolute atomic E-state index is 0.723. The average Bonchev–Trinajstić information content (AvgIpc) is 3.01. The topological polar surface area (TPSA) is 13.1 Å². The van der Waals surface area contributed by atoms with Crippen LogP contribution < -0.4 is 0 Å². The Labute approximate surface area is 152 Å². The largest absolute Gasteiger partial charge is 0.456 e. The van der Waals surface area contributed by atoms with Gasteiger partial charge in [-0.15, -0.1) is 0 Å². The molecule has 0 unspecified atom stereocenters. The van der Waals surface area contributed by atoms with Gasteiger partial charge in [-0.3, -0.25) is 0 Å². The van der Waals surface area contributed by atoms with Gasteiger partial charge in [0.25, 0.3) is 0 Å². The van der Waals surface area contributed by atoms with Crippen molar-refractivity contribution in [3.63, 3.8) is 0 Å². The fraction of sp³-hybridized carbons (Fsp3) is 0.0435. The lowest BCUT2D eigenvalue weighted by molar-refractivity contribution is 0.628. The summed E-state index contributed by atoms with van der Waals surface area (Å²) in [5.41, 5.74) is 4.30. The standard InChI is InChI=1S/C23H17ClO/c24-19-14-15-22-21(16-19)20(13-7-10-17-8-3-1-4-9-17)23(25-22)18-11-5-2-6-12-18/h1-12,14-16H,13H2/b10-7+. The Morgan fingerprint density at radius 3 is 2.32 bits per heavy atom. The number of fused-ring (bicyclic) bond motifs is 1. The third kappa shape index (κ3) is 3.38. The van der Waals surface area contributed by atoms with E-state index in [0.717, 1.165) is 39.3 Å². The van der Waals surface area contributed by atoms with Gasteiger partial charge < -0.3 is 4.42 Å². The summed E-state index contributed by atoms with van der Waals surface area (Å²) >= 11 is 6.22. The number of rotatable bonds is 4. The van der Waals surface area contributed by atoms with Crippen molar-refractivity contribution < 1.29 is 4.42 Å². The molecular formula is C23H17ClO. The van der Waals surface area contributed by atoms with Gasteiger partial charge in [0.15, 0.2) is 0 Å². The van der Waals surface area contributed by atoms with Crippen LogP contribution in [0.1, 0.15) is 11.1 Å². The summed E-state index contributed by atoms with van der Waals surface area (Å²) in [7, 11) is 0. The lowest BCUT2D eigenvalue weighted by atomic mass is 10.0. The van der Waals surface area contributed by atoms with Crippen LogP contribution in [0.4, 0.5) is 0 Å². The van der Waals surface area contributed by atoms with E-state index >= 15 is 0 Å². The maximum atomic E-state index is 6.22. The lowest BCUT2D eigenvalue weighted by Crippen LogP contribution is -1.84. The minimum Gasteiger partial charge on any atom is -0.456 e. The highest BCUT2D eigenvalue weighted by Gasteiger charge is 2.15. The number of halogens is 1. The first-order valence-electron chi connectivity index (χ1n) is 8.29. The molecule has 1 nitrogen and oxygen atoms in total. The molecule has 0 atom stereocenters. The molecule has 25 heavy (non-hydrogen) atoms. The zero-order valence-corrected chi connectivity index (χ0v) is 14.4. The van der Waals surface area contributed by atoms with Crippen molar-refractivity contribution in [2.24, 2.45) is 0 Å². The second kappa shape index (κ2) is 7.00. The van der Waals surface area contributed by atoms with Crippen molar-refractivity contribution in [3.8, 4) is 11.3 Å². The molecule has 0 fully saturated rings. The van der Waals surface area contributed by atoms with Crippen molar-refractivity contribution >= 4 is 28.6 Å². The van der Waals surface area contributed by atoms with Gasteiger partial charge in [-0.25, -0.2) is 0 Å². The third-order valence-electron chi connectivity index (χ3n) is 4.22. The zero-order valence-electron chi connectivity index (χ0n) is 13.7. The summed E-state index contributed by atoms with van der Waals surface area (Å²) in [5.74, 6) is 0.913. The molecule has 0 saturated carbocycles. The second-order valence-corrected chi connectivity index (χ2v) is 6.37. The molecule has 0 radical (unpaired) electrons. The van der Waals surface area contributed by atoms with Gasteiger partial charge in [-0.05, 0) is 30.2 Å². The molecular weight excluding hydrogens is 328 g/mol. The van der Waals surface area contributed by atoms with Crippen molar-refractivity contribution in [3.05, 3.63) is 101 Å². The summed E-state index contributed by atoms with van der Waals surface area (Å²) in [6, 6.07) is 26.3. The Morgan fingerprint density at radius 2 is 1.56 bits per heavy atom. The molecule has 1 heterocycles. The highest BCUT2D eigenvalue weighted by molar-refractivity contribution is 6.31. The van der Waals surface area contributed by atoms with Crippen LogP contribution in [0.2, 0.25) is 5.02 Å². The molecule has 2 heteroatoms. The molecule has 0 N–H and O–H groups in total. The van der Waals surface area contributed by atoms with Crippen molar-refractivity contribution in [1.29, 1.82) is 0 Å². The number of hydrogen-bond donors (Lipinski definition) is 0. The Kier molecular flexibility index (Phi) is 4.41. The number of allylic oxidation sites excluding steroid dienone is 1. The lowest BCUT2D eigenvalue weighted by Gasteiger charge is -2.01. The number of hydrogen-bond acceptors (Lipinski definition) is 1. The molecule has 4 aromatic rings. The van der Waals surface area contributed by atoms with Crippen molar-refractivity contribution in [1.82, 2.24) is 0 Å². The summed E-state index contributed by atoms with van der Waals surface area (Å²) in [6.45, 7) is 0. The van der Waals surface area contributed by atoms with Crippen molar-refractivity contribution in [2.75, 3.05) is 0 Å². The first-order valence-corrected chi connectivity index (χ1v) is 8.67. The zero-order chi connectivity index (χ0) is 17.1. The van der Waals surface area contributed by atoms with Crippen LogP contribution in [0.15, 0.2) is 89.4 Å². The summed E-state index contributed by atoms with van der Waals surface area (Å²) < 4.78 is 6.15. The Hall–Kier alpha value is -2.77. The van der Waals surface area contributed by atoms with Crippen LogP contribution in [-0.4, -0.2) is 0 Å². The van der Waals surface area contributed by atoms with Gasteiger partial charge in [0.05, 0.1) is 0 Å². The molecule has 0 aliphatic carbocycles. The number of benzene rings is 3. The quantitative estimate of drug-likeness (QED) is 0.388. The molecule has 0 aliphatic rings. The fourth-order valence-corrected chi connectivity index (χ4v) is 3.20. The average molecular weight is 345 g/mol. The van der Waals surface area contributed by atoms with E-state index in [1.54, 1.807) is 0 Å². The summed E-state index contributed by atoms with van der Waals surface area (Å²) in [6.07, 6.45) is 5.09. The van der Waals surface area contributed by atoms with Crippen LogP contribution >= 0.6 is 11.6 Å². The molecule has 3 aromatic carbocycles. The van der Waals surface area contributed by atoms with E-state index in [9.17, 15) is 0 Å². The van der Waals surface area contributed by atoms with Crippen LogP contribution in [0.3, 0.4) is 0 Å². The predicted octanol–water partition coefficient (Wildman–Crippen LogP) is 7.01. The van der Waals surface area contributed by atoms with Gasteiger partial charge in [-0.2, -0.15) is 0 Å². The highest BCUT2D eigenvalue weighted by Crippen LogP contribution is 2.35. The highest BCUT2D eigenvalue weighted by atomic mass is 35.5. The third-order valence-corrected chi connectivity index (χ3v) is 4.46. The first kappa shape index (κ1) is 15.7. The van der Waals surface area contributed by atoms with Gasteiger partial charge >= 0.3 is 0 Å². The van der Waals surface area contributed by atoms with Gasteiger partial charge in [0.2, 0.25) is 0 Å². The maximum absolute atomic E-state index is 6.22. The van der Waals surface area contributed by atoms with Crippen molar-refractivity contribution in [2.45, 2.75) is 6.42 Å². The Balaban J connectivity index is 1.77. The SMILES string of the molecule is Clc1ccc2oc(-c3ccccc3)c(C/C=C/c3ccccc3)c2c1. The van der Waals surface area contributed by atoms with E-state index in [1.807, 2.05) is 54.6 Å². The van der Waals surface area contributed by atoms with E-state index in [-0.39, 0.29) is 0 Å². The molecule has 0 aliphatic heterocycles. The van der Waals surface area contributed by atoms with E-state index in [2.05, 4.69) is 36.4 Å². The Morgan fingerprint density at radius 1 is 0.840 bits per heavy atom. The van der Waals surface area contributed by atoms with Crippen LogP contribution in [0.25, 0.3) is 28.4 Å². The molecule has 1 aromatic heterocycles. The molecule has 0 spiro atoms. The molecule has 0 amide bonds. The normalized spacial score (nSPS) is 11.4. The van der Waals surface area contributed by atoms with Crippen LogP contribution in [-0.2, 0) is 6.42 Å². The molecule has 4 rings (SSSR count). The monoisotopic (exact) mass is 344 g/mol. The molecule has 122 valence electrons. The smallest absolute Gasteiger partial charge is 0.138 e. The van der Waals surface area contributed by atoms with E-state index in [4.69, 9.17) is 16.0 Å². The van der Waals surface area contributed by atoms with E-state index in [0.29, 0.717) is 0 Å².